The zero-order valence-corrected chi connectivity index (χ0v) is 15.9. The second-order valence-electron chi connectivity index (χ2n) is 7.21. The Balaban J connectivity index is 1.65. The molecule has 5 rings (SSSR count). The van der Waals surface area contributed by atoms with Crippen molar-refractivity contribution >= 4 is 28.5 Å². The summed E-state index contributed by atoms with van der Waals surface area (Å²) in [5, 5.41) is 8.94. The summed E-state index contributed by atoms with van der Waals surface area (Å²) in [5.41, 5.74) is 3.81. The monoisotopic (exact) mass is 390 g/mol. The first-order chi connectivity index (χ1) is 13.7. The van der Waals surface area contributed by atoms with E-state index in [0.717, 1.165) is 23.5 Å². The van der Waals surface area contributed by atoms with Gasteiger partial charge < -0.3 is 10.6 Å². The molecule has 1 aliphatic carbocycles. The minimum Gasteiger partial charge on any atom is -0.372 e. The van der Waals surface area contributed by atoms with E-state index < -0.39 is 6.04 Å². The number of benzene rings is 2. The van der Waals surface area contributed by atoms with Crippen molar-refractivity contribution in [3.63, 3.8) is 0 Å². The molecule has 3 aromatic rings. The second kappa shape index (κ2) is 6.91. The van der Waals surface area contributed by atoms with E-state index in [1.54, 1.807) is 23.5 Å². The minimum atomic E-state index is -0.510. The van der Waals surface area contributed by atoms with E-state index >= 15 is 0 Å². The number of halogens is 1. The molecule has 0 saturated carbocycles. The van der Waals surface area contributed by atoms with Crippen LogP contribution < -0.4 is 10.6 Å². The number of hydrogen-bond acceptors (Lipinski definition) is 4. The van der Waals surface area contributed by atoms with E-state index in [9.17, 15) is 9.18 Å². The molecule has 2 aromatic carbocycles. The number of rotatable bonds is 2. The highest BCUT2D eigenvalue weighted by Gasteiger charge is 2.37. The maximum Gasteiger partial charge on any atom is 0.163 e. The molecule has 5 heteroatoms. The molecule has 0 radical (unpaired) electrons. The third-order valence-corrected chi connectivity index (χ3v) is 6.51. The van der Waals surface area contributed by atoms with Crippen LogP contribution in [0.25, 0.3) is 0 Å². The Kier molecular flexibility index (Phi) is 4.24. The van der Waals surface area contributed by atoms with E-state index in [-0.39, 0.29) is 17.5 Å². The van der Waals surface area contributed by atoms with Crippen LogP contribution in [-0.4, -0.2) is 5.78 Å². The number of thiophene rings is 1. The number of ketones is 1. The van der Waals surface area contributed by atoms with E-state index in [1.807, 2.05) is 41.8 Å². The predicted octanol–water partition coefficient (Wildman–Crippen LogP) is 5.87. The average Bonchev–Trinajstić information content (AvgIpc) is 3.17. The quantitative estimate of drug-likeness (QED) is 0.575. The van der Waals surface area contributed by atoms with Gasteiger partial charge in [0.15, 0.2) is 5.78 Å². The van der Waals surface area contributed by atoms with Crippen LogP contribution in [0.15, 0.2) is 77.3 Å². The molecule has 0 saturated heterocycles. The molecule has 140 valence electrons. The van der Waals surface area contributed by atoms with Crippen molar-refractivity contribution in [1.82, 2.24) is 0 Å². The molecule has 28 heavy (non-hydrogen) atoms. The van der Waals surface area contributed by atoms with Gasteiger partial charge in [0.25, 0.3) is 0 Å². The number of fused-ring (bicyclic) bond motifs is 1. The summed E-state index contributed by atoms with van der Waals surface area (Å²) in [6.45, 7) is 0. The molecule has 0 spiro atoms. The van der Waals surface area contributed by atoms with Gasteiger partial charge in [-0.05, 0) is 36.1 Å². The van der Waals surface area contributed by atoms with Gasteiger partial charge in [-0.25, -0.2) is 4.39 Å². The Morgan fingerprint density at radius 1 is 0.929 bits per heavy atom. The number of hydrogen-bond donors (Lipinski definition) is 2. The van der Waals surface area contributed by atoms with E-state index in [4.69, 9.17) is 0 Å². The van der Waals surface area contributed by atoms with Crippen molar-refractivity contribution < 1.29 is 9.18 Å². The van der Waals surface area contributed by atoms with Crippen molar-refractivity contribution in [2.24, 2.45) is 0 Å². The number of carbonyl (C=O) groups excluding carboxylic acids is 1. The van der Waals surface area contributed by atoms with Gasteiger partial charge in [-0.2, -0.15) is 0 Å². The smallest absolute Gasteiger partial charge is 0.163 e. The van der Waals surface area contributed by atoms with Gasteiger partial charge in [-0.3, -0.25) is 4.79 Å². The summed E-state index contributed by atoms with van der Waals surface area (Å²) in [7, 11) is 0. The van der Waals surface area contributed by atoms with Crippen molar-refractivity contribution in [2.75, 3.05) is 10.6 Å². The molecule has 3 nitrogen and oxygen atoms in total. The Hall–Kier alpha value is -2.92. The third kappa shape index (κ3) is 2.92. The highest BCUT2D eigenvalue weighted by atomic mass is 32.1. The van der Waals surface area contributed by atoms with Crippen LogP contribution in [-0.2, 0) is 4.79 Å². The second-order valence-corrected chi connectivity index (χ2v) is 8.18. The van der Waals surface area contributed by atoms with Gasteiger partial charge in [0.05, 0.1) is 17.4 Å². The van der Waals surface area contributed by atoms with Crippen LogP contribution in [0.4, 0.5) is 15.8 Å². The lowest BCUT2D eigenvalue weighted by molar-refractivity contribution is -0.116. The standard InChI is InChI=1S/C23H19FN2OS/c24-16-7-2-1-6-15(16)23-22-19(25-17-8-3-4-9-18(17)26-23)12-14(13-20(22)27)21-10-5-11-28-21/h1-11,14,23,25-26H,12-13H2/t14-,23-/m1/s1. The maximum atomic E-state index is 14.7. The van der Waals surface area contributed by atoms with E-state index in [0.29, 0.717) is 17.6 Å². The molecular formula is C23H19FN2OS. The minimum absolute atomic E-state index is 0.0701. The summed E-state index contributed by atoms with van der Waals surface area (Å²) >= 11 is 1.68. The number of allylic oxidation sites excluding steroid dienone is 1. The van der Waals surface area contributed by atoms with Crippen LogP contribution in [0.5, 0.6) is 0 Å². The highest BCUT2D eigenvalue weighted by molar-refractivity contribution is 7.10. The predicted molar refractivity (Wildman–Crippen MR) is 111 cm³/mol. The molecule has 0 bridgehead atoms. The first-order valence-corrected chi connectivity index (χ1v) is 10.3. The topological polar surface area (TPSA) is 41.1 Å². The molecule has 2 aliphatic rings. The van der Waals surface area contributed by atoms with Crippen molar-refractivity contribution in [2.45, 2.75) is 24.8 Å². The summed E-state index contributed by atoms with van der Waals surface area (Å²) in [6, 6.07) is 18.1. The number of carbonyl (C=O) groups is 1. The zero-order valence-electron chi connectivity index (χ0n) is 15.1. The van der Waals surface area contributed by atoms with Crippen molar-refractivity contribution in [3.05, 3.63) is 93.6 Å². The van der Waals surface area contributed by atoms with Crippen molar-refractivity contribution in [1.29, 1.82) is 0 Å². The van der Waals surface area contributed by atoms with E-state index in [2.05, 4.69) is 16.7 Å². The molecule has 0 unspecified atom stereocenters. The molecule has 1 aromatic heterocycles. The Morgan fingerprint density at radius 3 is 2.50 bits per heavy atom. The van der Waals surface area contributed by atoms with Crippen LogP contribution in [0.3, 0.4) is 0 Å². The Labute approximate surface area is 166 Å². The Bertz CT molecular complexity index is 1070. The molecule has 1 aliphatic heterocycles. The van der Waals surface area contributed by atoms with E-state index in [1.165, 1.54) is 10.9 Å². The normalized spacial score (nSPS) is 21.2. The van der Waals surface area contributed by atoms with Gasteiger partial charge in [0, 0.05) is 34.0 Å². The zero-order chi connectivity index (χ0) is 19.1. The van der Waals surface area contributed by atoms with Crippen LogP contribution in [0.1, 0.15) is 35.2 Å². The van der Waals surface area contributed by atoms with Gasteiger partial charge in [-0.1, -0.05) is 36.4 Å². The average molecular weight is 390 g/mol. The summed E-state index contributed by atoms with van der Waals surface area (Å²) in [6.07, 6.45) is 1.19. The first kappa shape index (κ1) is 17.2. The SMILES string of the molecule is O=C1C[C@H](c2cccs2)CC2=C1[C@@H](c1ccccc1F)Nc1ccccc1N2. The number of Topliss-reactive ketones (excluding diaryl/α,β-unsaturated/α-hetero) is 1. The first-order valence-electron chi connectivity index (χ1n) is 9.37. The van der Waals surface area contributed by atoms with Gasteiger partial charge in [0.2, 0.25) is 0 Å². The fourth-order valence-corrected chi connectivity index (χ4v) is 4.99. The number of anilines is 2. The third-order valence-electron chi connectivity index (χ3n) is 5.47. The fourth-order valence-electron chi connectivity index (χ4n) is 4.16. The highest BCUT2D eigenvalue weighted by Crippen LogP contribution is 2.45. The maximum absolute atomic E-state index is 14.7. The summed E-state index contributed by atoms with van der Waals surface area (Å²) in [5.74, 6) is -0.0783. The lowest BCUT2D eigenvalue weighted by atomic mass is 9.80. The lowest BCUT2D eigenvalue weighted by Gasteiger charge is -2.29. The largest absolute Gasteiger partial charge is 0.372 e. The van der Waals surface area contributed by atoms with Crippen LogP contribution in [0.2, 0.25) is 0 Å². The lowest BCUT2D eigenvalue weighted by Crippen LogP contribution is -2.27. The van der Waals surface area contributed by atoms with Gasteiger partial charge >= 0.3 is 0 Å². The summed E-state index contributed by atoms with van der Waals surface area (Å²) < 4.78 is 14.7. The summed E-state index contributed by atoms with van der Waals surface area (Å²) in [4.78, 5) is 14.5. The van der Waals surface area contributed by atoms with Crippen LogP contribution in [0, 0.1) is 5.82 Å². The number of para-hydroxylation sites is 2. The molecular weight excluding hydrogens is 371 g/mol. The fraction of sp³-hybridized carbons (Fsp3) is 0.174. The molecule has 2 N–H and O–H groups in total. The van der Waals surface area contributed by atoms with Gasteiger partial charge in [0.1, 0.15) is 5.82 Å². The van der Waals surface area contributed by atoms with Gasteiger partial charge in [-0.15, -0.1) is 11.3 Å². The Morgan fingerprint density at radius 2 is 1.71 bits per heavy atom. The van der Waals surface area contributed by atoms with Crippen LogP contribution >= 0.6 is 11.3 Å². The molecule has 2 heterocycles. The molecule has 2 atom stereocenters. The molecule has 0 fully saturated rings. The van der Waals surface area contributed by atoms with Crippen molar-refractivity contribution in [3.8, 4) is 0 Å². The number of nitrogens with one attached hydrogen (secondary N) is 2. The molecule has 0 amide bonds.